The standard InChI is InChI=1S/C39H23N3S2/c1-3-11-24(12-4-1)37-40-38(25-13-5-2-6-14-25)42-39(41-37)26-21-22-28-30-17-10-19-32(36(30)44-34(28)23-26)31-18-9-16-29-27-15-7-8-20-33(27)43-35(29)31/h1-23H/i1D,3D,4D,10D,11D,12D,17D,19D,21D,22D,23D. The fraction of sp³-hybridized carbons (Fsp3) is 0. The summed E-state index contributed by atoms with van der Waals surface area (Å²) in [6.45, 7) is 0. The van der Waals surface area contributed by atoms with E-state index in [4.69, 9.17) is 11.0 Å². The molecule has 0 atom stereocenters. The highest BCUT2D eigenvalue weighted by Crippen LogP contribution is 2.45. The average molecular weight is 609 g/mol. The third-order valence-electron chi connectivity index (χ3n) is 7.35. The molecule has 0 unspecified atom stereocenters. The van der Waals surface area contributed by atoms with E-state index in [1.807, 2.05) is 42.5 Å². The minimum atomic E-state index is -0.587. The summed E-state index contributed by atoms with van der Waals surface area (Å²) in [5, 5.41) is 2.36. The number of benzene rings is 6. The lowest BCUT2D eigenvalue weighted by atomic mass is 10.0. The van der Waals surface area contributed by atoms with E-state index >= 15 is 0 Å². The molecular formula is C39H23N3S2. The minimum Gasteiger partial charge on any atom is -0.208 e. The van der Waals surface area contributed by atoms with Crippen molar-refractivity contribution in [2.75, 3.05) is 0 Å². The average Bonchev–Trinajstić information content (AvgIpc) is 3.78. The van der Waals surface area contributed by atoms with Crippen molar-refractivity contribution in [1.82, 2.24) is 15.0 Å². The first kappa shape index (κ1) is 16.6. The van der Waals surface area contributed by atoms with E-state index in [1.165, 1.54) is 0 Å². The summed E-state index contributed by atoms with van der Waals surface area (Å²) in [4.78, 5) is 13.6. The van der Waals surface area contributed by atoms with Crippen molar-refractivity contribution < 1.29 is 15.1 Å². The first-order valence-corrected chi connectivity index (χ1v) is 15.3. The van der Waals surface area contributed by atoms with Gasteiger partial charge in [-0.3, -0.25) is 0 Å². The fourth-order valence-corrected chi connectivity index (χ4v) is 7.69. The molecule has 3 nitrogen and oxygen atoms in total. The van der Waals surface area contributed by atoms with Crippen molar-refractivity contribution >= 4 is 63.0 Å². The lowest BCUT2D eigenvalue weighted by molar-refractivity contribution is 1.07. The van der Waals surface area contributed by atoms with Crippen LogP contribution >= 0.6 is 22.7 Å². The van der Waals surface area contributed by atoms with Gasteiger partial charge in [-0.15, -0.1) is 22.7 Å². The molecule has 0 saturated carbocycles. The Morgan fingerprint density at radius 3 is 2.00 bits per heavy atom. The molecule has 0 saturated heterocycles. The van der Waals surface area contributed by atoms with Crippen LogP contribution in [0.5, 0.6) is 0 Å². The van der Waals surface area contributed by atoms with Crippen LogP contribution in [0.1, 0.15) is 15.1 Å². The van der Waals surface area contributed by atoms with Crippen molar-refractivity contribution in [3.63, 3.8) is 0 Å². The van der Waals surface area contributed by atoms with Gasteiger partial charge in [0.25, 0.3) is 0 Å². The van der Waals surface area contributed by atoms with Crippen LogP contribution in [0.15, 0.2) is 139 Å². The predicted octanol–water partition coefficient (Wildman–Crippen LogP) is 11.3. The highest BCUT2D eigenvalue weighted by Gasteiger charge is 2.17. The van der Waals surface area contributed by atoms with Gasteiger partial charge in [-0.1, -0.05) is 127 Å². The predicted molar refractivity (Wildman–Crippen MR) is 187 cm³/mol. The molecule has 0 aliphatic heterocycles. The van der Waals surface area contributed by atoms with E-state index in [9.17, 15) is 4.11 Å². The summed E-state index contributed by atoms with van der Waals surface area (Å²) < 4.78 is 99.5. The Hall–Kier alpha value is -5.23. The molecule has 9 rings (SSSR count). The zero-order chi connectivity index (χ0) is 38.6. The van der Waals surface area contributed by atoms with Gasteiger partial charge in [-0.05, 0) is 12.1 Å². The van der Waals surface area contributed by atoms with E-state index < -0.39 is 36.3 Å². The van der Waals surface area contributed by atoms with Crippen LogP contribution in [0.2, 0.25) is 0 Å². The molecule has 0 radical (unpaired) electrons. The van der Waals surface area contributed by atoms with Gasteiger partial charge in [0, 0.05) is 68.2 Å². The summed E-state index contributed by atoms with van der Waals surface area (Å²) in [5.74, 6) is -0.436. The van der Waals surface area contributed by atoms with Crippen molar-refractivity contribution in [1.29, 1.82) is 0 Å². The monoisotopic (exact) mass is 608 g/mol. The van der Waals surface area contributed by atoms with Gasteiger partial charge < -0.3 is 0 Å². The molecule has 206 valence electrons. The van der Waals surface area contributed by atoms with Crippen LogP contribution in [-0.4, -0.2) is 15.0 Å². The number of fused-ring (bicyclic) bond motifs is 6. The second-order valence-corrected chi connectivity index (χ2v) is 12.0. The molecule has 44 heavy (non-hydrogen) atoms. The number of nitrogens with zero attached hydrogens (tertiary/aromatic N) is 3. The lowest BCUT2D eigenvalue weighted by Crippen LogP contribution is -1.99. The molecule has 0 spiro atoms. The normalized spacial score (nSPS) is 15.1. The molecule has 6 aromatic carbocycles. The van der Waals surface area contributed by atoms with Gasteiger partial charge in [0.15, 0.2) is 17.5 Å². The van der Waals surface area contributed by atoms with E-state index in [-0.39, 0.29) is 74.3 Å². The molecule has 3 aromatic heterocycles. The minimum absolute atomic E-state index is 0.0547. The third-order valence-corrected chi connectivity index (χ3v) is 9.69. The largest absolute Gasteiger partial charge is 0.208 e. The van der Waals surface area contributed by atoms with E-state index in [2.05, 4.69) is 15.0 Å². The quantitative estimate of drug-likeness (QED) is 0.199. The molecule has 5 heteroatoms. The van der Waals surface area contributed by atoms with Crippen molar-refractivity contribution in [2.45, 2.75) is 0 Å². The Kier molecular flexibility index (Phi) is 3.84. The summed E-state index contributed by atoms with van der Waals surface area (Å²) in [6.07, 6.45) is 0. The maximum atomic E-state index is 9.53. The fourth-order valence-electron chi connectivity index (χ4n) is 5.34. The zero-order valence-corrected chi connectivity index (χ0v) is 24.2. The molecule has 0 fully saturated rings. The molecule has 9 aromatic rings. The summed E-state index contributed by atoms with van der Waals surface area (Å²) >= 11 is 2.65. The highest BCUT2D eigenvalue weighted by molar-refractivity contribution is 7.27. The van der Waals surface area contributed by atoms with Crippen LogP contribution in [-0.2, 0) is 0 Å². The van der Waals surface area contributed by atoms with E-state index in [0.29, 0.717) is 21.4 Å². The molecule has 0 bridgehead atoms. The van der Waals surface area contributed by atoms with Crippen LogP contribution < -0.4 is 0 Å². The van der Waals surface area contributed by atoms with E-state index in [1.54, 1.807) is 41.7 Å². The van der Waals surface area contributed by atoms with Gasteiger partial charge in [0.05, 0.1) is 15.1 Å². The zero-order valence-electron chi connectivity index (χ0n) is 33.6. The van der Waals surface area contributed by atoms with Gasteiger partial charge in [0.1, 0.15) is 0 Å². The number of hydrogen-bond donors (Lipinski definition) is 0. The van der Waals surface area contributed by atoms with Crippen LogP contribution in [0.25, 0.3) is 85.6 Å². The number of thiophene rings is 2. The Morgan fingerprint density at radius 1 is 0.432 bits per heavy atom. The SMILES string of the molecule is [2H]c1c([2H])c([2H])c(-c2nc(-c3ccccc3)nc(-c3c([2H])c([2H])c4c(sc5c(-c6cccc7c6sc6ccccc67)c([2H])c([2H])c([2H])c54)c3[2H])n2)c([2H])c1[2H]. The number of rotatable bonds is 4. The van der Waals surface area contributed by atoms with Crippen LogP contribution in [0.4, 0.5) is 0 Å². The Balaban J connectivity index is 1.36. The lowest BCUT2D eigenvalue weighted by Gasteiger charge is -2.08. The van der Waals surface area contributed by atoms with Crippen molar-refractivity contribution in [3.8, 4) is 45.3 Å². The smallest absolute Gasteiger partial charge is 0.164 e. The number of aromatic nitrogens is 3. The first-order chi connectivity index (χ1) is 26.4. The maximum absolute atomic E-state index is 9.53. The van der Waals surface area contributed by atoms with Crippen molar-refractivity contribution in [3.05, 3.63) is 139 Å². The highest BCUT2D eigenvalue weighted by atomic mass is 32.1. The summed E-state index contributed by atoms with van der Waals surface area (Å²) in [7, 11) is 0. The molecule has 0 aliphatic carbocycles. The summed E-state index contributed by atoms with van der Waals surface area (Å²) in [5.41, 5.74) is 1.14. The van der Waals surface area contributed by atoms with Gasteiger partial charge in [-0.2, -0.15) is 0 Å². The van der Waals surface area contributed by atoms with E-state index in [0.717, 1.165) is 31.5 Å². The van der Waals surface area contributed by atoms with Crippen LogP contribution in [0, 0.1) is 0 Å². The molecule has 0 N–H and O–H groups in total. The Bertz CT molecular complexity index is 3100. The Labute approximate surface area is 277 Å². The second kappa shape index (κ2) is 10.2. The topological polar surface area (TPSA) is 38.7 Å². The van der Waals surface area contributed by atoms with Gasteiger partial charge in [0.2, 0.25) is 0 Å². The maximum Gasteiger partial charge on any atom is 0.164 e. The second-order valence-electron chi connectivity index (χ2n) is 9.96. The summed E-state index contributed by atoms with van der Waals surface area (Å²) in [6, 6.07) is 17.8. The van der Waals surface area contributed by atoms with Gasteiger partial charge >= 0.3 is 0 Å². The first-order valence-electron chi connectivity index (χ1n) is 19.1. The number of hydrogen-bond acceptors (Lipinski definition) is 5. The van der Waals surface area contributed by atoms with Gasteiger partial charge in [-0.25, -0.2) is 15.0 Å². The van der Waals surface area contributed by atoms with Crippen LogP contribution in [0.3, 0.4) is 0 Å². The molecular weight excluding hydrogens is 575 g/mol. The molecule has 3 heterocycles. The molecule has 0 aliphatic rings. The Morgan fingerprint density at radius 2 is 1.14 bits per heavy atom. The third kappa shape index (κ3) is 4.13. The van der Waals surface area contributed by atoms with Crippen molar-refractivity contribution in [2.24, 2.45) is 0 Å². The molecule has 0 amide bonds.